The van der Waals surface area contributed by atoms with Crippen molar-refractivity contribution >= 4 is 17.7 Å². The number of aromatic nitrogens is 2. The summed E-state index contributed by atoms with van der Waals surface area (Å²) in [7, 11) is 0. The zero-order valence-electron chi connectivity index (χ0n) is 16.9. The number of carbonyl (C=O) groups is 3. The van der Waals surface area contributed by atoms with E-state index < -0.39 is 5.91 Å². The lowest BCUT2D eigenvalue weighted by Gasteiger charge is -2.20. The normalized spacial score (nSPS) is 14.7. The monoisotopic (exact) mass is 397 g/mol. The Morgan fingerprint density at radius 3 is 2.69 bits per heavy atom. The molecule has 0 saturated carbocycles. The maximum absolute atomic E-state index is 13.0. The first kappa shape index (κ1) is 20.6. The Balaban J connectivity index is 1.65. The number of benzene rings is 1. The van der Waals surface area contributed by atoms with Gasteiger partial charge in [0.15, 0.2) is 5.69 Å². The second-order valence-corrected chi connectivity index (χ2v) is 7.26. The van der Waals surface area contributed by atoms with Crippen LogP contribution < -0.4 is 10.6 Å². The van der Waals surface area contributed by atoms with Gasteiger partial charge in [-0.2, -0.15) is 5.10 Å². The third-order valence-electron chi connectivity index (χ3n) is 4.96. The molecule has 0 radical (unpaired) electrons. The predicted molar refractivity (Wildman–Crippen MR) is 108 cm³/mol. The van der Waals surface area contributed by atoms with Crippen LogP contribution in [0.3, 0.4) is 0 Å². The Hall–Kier alpha value is -3.16. The highest BCUT2D eigenvalue weighted by Gasteiger charge is 2.26. The van der Waals surface area contributed by atoms with E-state index in [0.717, 1.165) is 18.4 Å². The minimum Gasteiger partial charge on any atom is -0.352 e. The minimum absolute atomic E-state index is 0.0521. The molecule has 1 atom stereocenters. The molecule has 29 heavy (non-hydrogen) atoms. The molecule has 154 valence electrons. The van der Waals surface area contributed by atoms with Gasteiger partial charge in [0.2, 0.25) is 5.91 Å². The van der Waals surface area contributed by atoms with Gasteiger partial charge in [0, 0.05) is 31.7 Å². The minimum atomic E-state index is -0.465. The van der Waals surface area contributed by atoms with Crippen LogP contribution in [0.1, 0.15) is 53.2 Å². The van der Waals surface area contributed by atoms with E-state index in [9.17, 15) is 14.4 Å². The van der Waals surface area contributed by atoms with E-state index in [1.807, 2.05) is 44.2 Å². The van der Waals surface area contributed by atoms with Gasteiger partial charge in [-0.15, -0.1) is 0 Å². The maximum Gasteiger partial charge on any atom is 0.272 e. The fraction of sp³-hybridized carbons (Fsp3) is 0.429. The summed E-state index contributed by atoms with van der Waals surface area (Å²) in [5.41, 5.74) is 1.60. The van der Waals surface area contributed by atoms with Crippen LogP contribution in [0.25, 0.3) is 0 Å². The lowest BCUT2D eigenvalue weighted by atomic mass is 10.2. The topological polar surface area (TPSA) is 96.3 Å². The third kappa shape index (κ3) is 5.22. The van der Waals surface area contributed by atoms with Crippen molar-refractivity contribution in [3.63, 3.8) is 0 Å². The molecular weight excluding hydrogens is 370 g/mol. The molecule has 8 nitrogen and oxygen atoms in total. The van der Waals surface area contributed by atoms with E-state index in [1.54, 1.807) is 9.58 Å². The number of amides is 3. The van der Waals surface area contributed by atoms with Gasteiger partial charge < -0.3 is 15.5 Å². The van der Waals surface area contributed by atoms with Crippen molar-refractivity contribution in [1.29, 1.82) is 0 Å². The summed E-state index contributed by atoms with van der Waals surface area (Å²) in [5, 5.41) is 9.64. The van der Waals surface area contributed by atoms with Crippen molar-refractivity contribution < 1.29 is 14.4 Å². The van der Waals surface area contributed by atoms with E-state index in [2.05, 4.69) is 15.7 Å². The molecular formula is C21H27N5O3. The van der Waals surface area contributed by atoms with Crippen molar-refractivity contribution in [3.8, 4) is 0 Å². The van der Waals surface area contributed by atoms with Crippen LogP contribution in [-0.2, 0) is 17.9 Å². The molecule has 3 rings (SSSR count). The van der Waals surface area contributed by atoms with Crippen LogP contribution in [0, 0.1) is 0 Å². The van der Waals surface area contributed by atoms with Gasteiger partial charge in [0.1, 0.15) is 5.69 Å². The molecule has 0 unspecified atom stereocenters. The Bertz CT molecular complexity index is 878. The smallest absolute Gasteiger partial charge is 0.272 e. The summed E-state index contributed by atoms with van der Waals surface area (Å²) in [6, 6.07) is 11.4. The van der Waals surface area contributed by atoms with E-state index in [1.165, 1.54) is 6.07 Å². The number of hydrogen-bond donors (Lipinski definition) is 2. The van der Waals surface area contributed by atoms with Crippen LogP contribution in [0.5, 0.6) is 0 Å². The van der Waals surface area contributed by atoms with Gasteiger partial charge >= 0.3 is 0 Å². The third-order valence-corrected chi connectivity index (χ3v) is 4.96. The second kappa shape index (κ2) is 9.36. The van der Waals surface area contributed by atoms with Crippen LogP contribution in [0.4, 0.5) is 0 Å². The average Bonchev–Trinajstić information content (AvgIpc) is 3.10. The molecule has 1 aromatic carbocycles. The van der Waals surface area contributed by atoms with Gasteiger partial charge in [-0.25, -0.2) is 0 Å². The van der Waals surface area contributed by atoms with Crippen LogP contribution in [0.2, 0.25) is 0 Å². The molecule has 0 aliphatic carbocycles. The highest BCUT2D eigenvalue weighted by Crippen LogP contribution is 2.16. The average molecular weight is 397 g/mol. The van der Waals surface area contributed by atoms with Crippen molar-refractivity contribution in [2.75, 3.05) is 13.1 Å². The van der Waals surface area contributed by atoms with E-state index in [4.69, 9.17) is 0 Å². The Labute approximate surface area is 170 Å². The molecule has 0 saturated heterocycles. The number of carbonyl (C=O) groups excluding carboxylic acids is 3. The summed E-state index contributed by atoms with van der Waals surface area (Å²) in [5.74, 6) is -0.863. The van der Waals surface area contributed by atoms with Gasteiger partial charge in [0.05, 0.1) is 6.54 Å². The highest BCUT2D eigenvalue weighted by atomic mass is 16.2. The number of fused-ring (bicyclic) bond motifs is 1. The maximum atomic E-state index is 13.0. The van der Waals surface area contributed by atoms with Gasteiger partial charge in [-0.1, -0.05) is 37.3 Å². The molecule has 3 amide bonds. The largest absolute Gasteiger partial charge is 0.352 e. The van der Waals surface area contributed by atoms with Crippen molar-refractivity contribution in [2.45, 2.75) is 45.8 Å². The first-order chi connectivity index (χ1) is 14.0. The molecule has 0 fully saturated rings. The number of nitrogens with one attached hydrogen (secondary N) is 2. The van der Waals surface area contributed by atoms with E-state index in [-0.39, 0.29) is 30.1 Å². The van der Waals surface area contributed by atoms with Crippen LogP contribution in [-0.4, -0.2) is 51.5 Å². The second-order valence-electron chi connectivity index (χ2n) is 7.26. The van der Waals surface area contributed by atoms with E-state index >= 15 is 0 Å². The fourth-order valence-corrected chi connectivity index (χ4v) is 3.18. The SMILES string of the molecule is CC[C@@H](C)NC(=O)CNC(=O)c1cc2n(n1)CCCN(Cc1ccccc1)C2=O. The molecule has 2 N–H and O–H groups in total. The zero-order chi connectivity index (χ0) is 20.8. The first-order valence-corrected chi connectivity index (χ1v) is 9.96. The van der Waals surface area contributed by atoms with E-state index in [0.29, 0.717) is 25.3 Å². The van der Waals surface area contributed by atoms with Crippen molar-refractivity contribution in [3.05, 3.63) is 53.3 Å². The standard InChI is InChI=1S/C21H27N5O3/c1-3-15(2)23-19(27)13-22-20(28)17-12-18-21(29)25(10-7-11-26(18)24-17)14-16-8-5-4-6-9-16/h4-6,8-9,12,15H,3,7,10-11,13-14H2,1-2H3,(H,22,28)(H,23,27)/t15-/m1/s1. The fourth-order valence-electron chi connectivity index (χ4n) is 3.18. The molecule has 2 heterocycles. The van der Waals surface area contributed by atoms with Gasteiger partial charge in [-0.05, 0) is 25.3 Å². The number of rotatable bonds is 7. The van der Waals surface area contributed by atoms with Crippen molar-refractivity contribution in [2.24, 2.45) is 0 Å². The Kier molecular flexibility index (Phi) is 6.64. The first-order valence-electron chi connectivity index (χ1n) is 9.96. The molecule has 2 aromatic rings. The summed E-state index contributed by atoms with van der Waals surface area (Å²) < 4.78 is 1.58. The molecule has 1 aromatic heterocycles. The van der Waals surface area contributed by atoms with Gasteiger partial charge in [-0.3, -0.25) is 19.1 Å². The number of aryl methyl sites for hydroxylation is 1. The number of nitrogens with zero attached hydrogens (tertiary/aromatic N) is 3. The summed E-state index contributed by atoms with van der Waals surface area (Å²) >= 11 is 0. The Morgan fingerprint density at radius 1 is 1.21 bits per heavy atom. The summed E-state index contributed by atoms with van der Waals surface area (Å²) in [4.78, 5) is 39.0. The number of hydrogen-bond acceptors (Lipinski definition) is 4. The van der Waals surface area contributed by atoms with Crippen LogP contribution >= 0.6 is 0 Å². The molecule has 1 aliphatic rings. The Morgan fingerprint density at radius 2 is 1.97 bits per heavy atom. The quantitative estimate of drug-likeness (QED) is 0.741. The predicted octanol–water partition coefficient (Wildman–Crippen LogP) is 1.57. The van der Waals surface area contributed by atoms with Crippen molar-refractivity contribution in [1.82, 2.24) is 25.3 Å². The lowest BCUT2D eigenvalue weighted by molar-refractivity contribution is -0.120. The molecule has 0 spiro atoms. The van der Waals surface area contributed by atoms with Gasteiger partial charge in [0.25, 0.3) is 11.8 Å². The zero-order valence-corrected chi connectivity index (χ0v) is 16.9. The summed E-state index contributed by atoms with van der Waals surface area (Å²) in [6.07, 6.45) is 1.57. The molecule has 1 aliphatic heterocycles. The van der Waals surface area contributed by atoms with Crippen LogP contribution in [0.15, 0.2) is 36.4 Å². The highest BCUT2D eigenvalue weighted by molar-refractivity contribution is 5.99. The summed E-state index contributed by atoms with van der Waals surface area (Å²) in [6.45, 7) is 5.46. The molecule has 0 bridgehead atoms. The lowest BCUT2D eigenvalue weighted by Crippen LogP contribution is -2.40. The molecule has 8 heteroatoms.